The van der Waals surface area contributed by atoms with E-state index < -0.39 is 0 Å². The van der Waals surface area contributed by atoms with Crippen LogP contribution in [0.2, 0.25) is 0 Å². The zero-order valence-corrected chi connectivity index (χ0v) is 10.8. The summed E-state index contributed by atoms with van der Waals surface area (Å²) in [7, 11) is 0. The Kier molecular flexibility index (Phi) is 3.88. The minimum Gasteiger partial charge on any atom is -0.486 e. The Morgan fingerprint density at radius 3 is 2.40 bits per heavy atom. The Morgan fingerprint density at radius 1 is 1.25 bits per heavy atom. The van der Waals surface area contributed by atoms with Gasteiger partial charge < -0.3 is 14.8 Å². The lowest BCUT2D eigenvalue weighted by atomic mass is 10.1. The Labute approximate surface area is 115 Å². The van der Waals surface area contributed by atoms with Gasteiger partial charge in [-0.05, 0) is 13.0 Å². The summed E-state index contributed by atoms with van der Waals surface area (Å²) in [4.78, 5) is 11.6. The first-order valence-electron chi connectivity index (χ1n) is 5.87. The molecule has 0 unspecified atom stereocenters. The SMILES string of the molecule is CC(=O)c1cc2c(cc1NC=C(C#N)C#N)OCCO2. The molecule has 0 saturated heterocycles. The number of Topliss-reactive ketones (excluding diaryl/α,β-unsaturated/α-hetero) is 1. The van der Waals surface area contributed by atoms with Crippen molar-refractivity contribution in [3.05, 3.63) is 29.5 Å². The molecule has 1 heterocycles. The molecule has 0 radical (unpaired) electrons. The molecule has 0 saturated carbocycles. The molecule has 1 aliphatic heterocycles. The number of nitrogens with zero attached hydrogens (tertiary/aromatic N) is 2. The van der Waals surface area contributed by atoms with E-state index in [2.05, 4.69) is 5.32 Å². The van der Waals surface area contributed by atoms with Crippen molar-refractivity contribution in [3.63, 3.8) is 0 Å². The van der Waals surface area contributed by atoms with Gasteiger partial charge in [-0.1, -0.05) is 0 Å². The number of fused-ring (bicyclic) bond motifs is 1. The van der Waals surface area contributed by atoms with Crippen molar-refractivity contribution in [1.29, 1.82) is 10.5 Å². The zero-order valence-electron chi connectivity index (χ0n) is 10.8. The van der Waals surface area contributed by atoms with Crippen LogP contribution in [0.3, 0.4) is 0 Å². The van der Waals surface area contributed by atoms with Crippen LogP contribution in [0.1, 0.15) is 17.3 Å². The van der Waals surface area contributed by atoms with Crippen molar-refractivity contribution in [3.8, 4) is 23.6 Å². The van der Waals surface area contributed by atoms with Gasteiger partial charge in [0.25, 0.3) is 0 Å². The van der Waals surface area contributed by atoms with Crippen LogP contribution in [-0.4, -0.2) is 19.0 Å². The largest absolute Gasteiger partial charge is 0.486 e. The average Bonchev–Trinajstić information content (AvgIpc) is 2.47. The van der Waals surface area contributed by atoms with E-state index in [1.165, 1.54) is 13.1 Å². The van der Waals surface area contributed by atoms with E-state index in [1.54, 1.807) is 24.3 Å². The third-order valence-electron chi connectivity index (χ3n) is 2.67. The van der Waals surface area contributed by atoms with E-state index >= 15 is 0 Å². The summed E-state index contributed by atoms with van der Waals surface area (Å²) in [5, 5.41) is 20.1. The highest BCUT2D eigenvalue weighted by Crippen LogP contribution is 2.35. The van der Waals surface area contributed by atoms with Crippen molar-refractivity contribution in [2.75, 3.05) is 18.5 Å². The molecule has 1 aliphatic rings. The van der Waals surface area contributed by atoms with Crippen molar-refractivity contribution in [1.82, 2.24) is 0 Å². The van der Waals surface area contributed by atoms with Crippen LogP contribution in [0, 0.1) is 22.7 Å². The molecule has 20 heavy (non-hydrogen) atoms. The highest BCUT2D eigenvalue weighted by Gasteiger charge is 2.17. The first kappa shape index (κ1) is 13.4. The Morgan fingerprint density at radius 2 is 1.85 bits per heavy atom. The van der Waals surface area contributed by atoms with Crippen LogP contribution in [0.4, 0.5) is 5.69 Å². The second-order valence-electron chi connectivity index (χ2n) is 4.02. The van der Waals surface area contributed by atoms with Gasteiger partial charge in [0.2, 0.25) is 0 Å². The minimum atomic E-state index is -0.159. The molecule has 0 spiro atoms. The quantitative estimate of drug-likeness (QED) is 0.666. The number of anilines is 1. The number of allylic oxidation sites excluding steroid dienone is 1. The highest BCUT2D eigenvalue weighted by atomic mass is 16.6. The standard InChI is InChI=1S/C14H11N3O3/c1-9(18)11-4-13-14(20-3-2-19-13)5-12(11)17-8-10(6-15)7-16/h4-5,8,17H,2-3H2,1H3. The minimum absolute atomic E-state index is 0.0885. The number of hydrogen-bond acceptors (Lipinski definition) is 6. The predicted octanol–water partition coefficient (Wildman–Crippen LogP) is 2.00. The van der Waals surface area contributed by atoms with E-state index in [0.29, 0.717) is 36.0 Å². The topological polar surface area (TPSA) is 95.1 Å². The van der Waals surface area contributed by atoms with E-state index in [1.807, 2.05) is 0 Å². The normalized spacial score (nSPS) is 11.8. The summed E-state index contributed by atoms with van der Waals surface area (Å²) in [6, 6.07) is 6.67. The summed E-state index contributed by atoms with van der Waals surface area (Å²) < 4.78 is 10.8. The number of rotatable bonds is 3. The second-order valence-corrected chi connectivity index (χ2v) is 4.02. The maximum Gasteiger partial charge on any atom is 0.163 e. The van der Waals surface area contributed by atoms with Gasteiger partial charge in [0, 0.05) is 17.8 Å². The Balaban J connectivity index is 2.41. The number of ketones is 1. The lowest BCUT2D eigenvalue weighted by Gasteiger charge is -2.20. The zero-order chi connectivity index (χ0) is 14.5. The number of ether oxygens (including phenoxy) is 2. The van der Waals surface area contributed by atoms with Crippen molar-refractivity contribution in [2.45, 2.75) is 6.92 Å². The van der Waals surface area contributed by atoms with Gasteiger partial charge >= 0.3 is 0 Å². The van der Waals surface area contributed by atoms with E-state index in [9.17, 15) is 4.79 Å². The number of carbonyl (C=O) groups is 1. The molecule has 0 bridgehead atoms. The van der Waals surface area contributed by atoms with Gasteiger partial charge in [-0.3, -0.25) is 4.79 Å². The lowest BCUT2D eigenvalue weighted by molar-refractivity contribution is 0.101. The number of carbonyl (C=O) groups excluding carboxylic acids is 1. The molecule has 1 aromatic carbocycles. The van der Waals surface area contributed by atoms with Gasteiger partial charge in [0.05, 0.1) is 5.69 Å². The van der Waals surface area contributed by atoms with Crippen LogP contribution in [0.15, 0.2) is 23.9 Å². The molecule has 0 fully saturated rings. The molecule has 100 valence electrons. The first-order chi connectivity index (χ1) is 9.65. The van der Waals surface area contributed by atoms with E-state index in [0.717, 1.165) is 0 Å². The average molecular weight is 269 g/mol. The summed E-state index contributed by atoms with van der Waals surface area (Å²) >= 11 is 0. The fraction of sp³-hybridized carbons (Fsp3) is 0.214. The highest BCUT2D eigenvalue weighted by molar-refractivity contribution is 6.00. The number of nitrogens with one attached hydrogen (secondary N) is 1. The van der Waals surface area contributed by atoms with Crippen LogP contribution < -0.4 is 14.8 Å². The summed E-state index contributed by atoms with van der Waals surface area (Å²) in [6.07, 6.45) is 1.25. The maximum absolute atomic E-state index is 11.6. The molecule has 1 N–H and O–H groups in total. The summed E-state index contributed by atoms with van der Waals surface area (Å²) in [6.45, 7) is 2.29. The number of hydrogen-bond donors (Lipinski definition) is 1. The van der Waals surface area contributed by atoms with Gasteiger partial charge in [-0.25, -0.2) is 0 Å². The van der Waals surface area contributed by atoms with Crippen LogP contribution >= 0.6 is 0 Å². The molecule has 6 nitrogen and oxygen atoms in total. The van der Waals surface area contributed by atoms with Gasteiger partial charge in [-0.2, -0.15) is 10.5 Å². The van der Waals surface area contributed by atoms with Crippen molar-refractivity contribution in [2.24, 2.45) is 0 Å². The molecule has 6 heteroatoms. The smallest absolute Gasteiger partial charge is 0.163 e. The Bertz CT molecular complexity index is 649. The number of benzene rings is 1. The van der Waals surface area contributed by atoms with Gasteiger partial charge in [0.15, 0.2) is 17.3 Å². The summed E-state index contributed by atoms with van der Waals surface area (Å²) in [5.74, 6) is 0.873. The van der Waals surface area contributed by atoms with Crippen LogP contribution in [-0.2, 0) is 0 Å². The molecule has 0 aliphatic carbocycles. The van der Waals surface area contributed by atoms with Crippen LogP contribution in [0.25, 0.3) is 0 Å². The molecule has 2 rings (SSSR count). The summed E-state index contributed by atoms with van der Waals surface area (Å²) in [5.41, 5.74) is 0.778. The van der Waals surface area contributed by atoms with Gasteiger partial charge in [0.1, 0.15) is 30.9 Å². The number of nitriles is 2. The molecule has 0 amide bonds. The maximum atomic E-state index is 11.6. The van der Waals surface area contributed by atoms with E-state index in [4.69, 9.17) is 20.0 Å². The predicted molar refractivity (Wildman–Crippen MR) is 70.4 cm³/mol. The monoisotopic (exact) mass is 269 g/mol. The van der Waals surface area contributed by atoms with Crippen LogP contribution in [0.5, 0.6) is 11.5 Å². The van der Waals surface area contributed by atoms with E-state index in [-0.39, 0.29) is 11.4 Å². The van der Waals surface area contributed by atoms with Gasteiger partial charge in [-0.15, -0.1) is 0 Å². The lowest BCUT2D eigenvalue weighted by Crippen LogP contribution is -2.16. The fourth-order valence-corrected chi connectivity index (χ4v) is 1.74. The fourth-order valence-electron chi connectivity index (χ4n) is 1.74. The second kappa shape index (κ2) is 5.77. The van der Waals surface area contributed by atoms with Crippen molar-refractivity contribution >= 4 is 11.5 Å². The molecule has 0 aromatic heterocycles. The van der Waals surface area contributed by atoms with Crippen molar-refractivity contribution < 1.29 is 14.3 Å². The third kappa shape index (κ3) is 2.70. The molecule has 1 aromatic rings. The third-order valence-corrected chi connectivity index (χ3v) is 2.67. The Hall–Kier alpha value is -2.99. The molecular weight excluding hydrogens is 258 g/mol. The molecular formula is C14H11N3O3. The molecule has 0 atom stereocenters. The first-order valence-corrected chi connectivity index (χ1v) is 5.87.